The fourth-order valence-corrected chi connectivity index (χ4v) is 3.29. The van der Waals surface area contributed by atoms with Crippen LogP contribution in [0.4, 0.5) is 5.13 Å². The molecule has 1 N–H and O–H groups in total. The molecule has 0 bridgehead atoms. The fraction of sp³-hybridized carbons (Fsp3) is 0.150. The fourth-order valence-electron chi connectivity index (χ4n) is 2.58. The summed E-state index contributed by atoms with van der Waals surface area (Å²) in [5, 5.41) is 5.30. The van der Waals surface area contributed by atoms with Crippen LogP contribution < -0.4 is 5.32 Å². The van der Waals surface area contributed by atoms with Crippen LogP contribution in [0.3, 0.4) is 0 Å². The first-order valence-electron chi connectivity index (χ1n) is 7.89. The number of carbonyl (C=O) groups is 2. The van der Waals surface area contributed by atoms with Crippen LogP contribution >= 0.6 is 11.3 Å². The van der Waals surface area contributed by atoms with E-state index in [0.717, 1.165) is 16.8 Å². The lowest BCUT2D eigenvalue weighted by molar-refractivity contribution is 0.100. The maximum atomic E-state index is 12.3. The van der Waals surface area contributed by atoms with Crippen LogP contribution in [-0.4, -0.2) is 16.7 Å². The van der Waals surface area contributed by atoms with Crippen molar-refractivity contribution in [3.8, 4) is 11.3 Å². The summed E-state index contributed by atoms with van der Waals surface area (Å²) in [5.41, 5.74) is 5.36. The van der Waals surface area contributed by atoms with Gasteiger partial charge >= 0.3 is 0 Å². The summed E-state index contributed by atoms with van der Waals surface area (Å²) in [6.45, 7) is 5.61. The SMILES string of the molecule is CC(=O)c1ccc(C(=O)Nc2nc(-c3ccc(C)cc3C)cs2)cc1. The first-order valence-corrected chi connectivity index (χ1v) is 8.77. The summed E-state index contributed by atoms with van der Waals surface area (Å²) in [4.78, 5) is 28.1. The third kappa shape index (κ3) is 3.83. The molecule has 3 rings (SSSR count). The van der Waals surface area contributed by atoms with Gasteiger partial charge in [-0.25, -0.2) is 4.98 Å². The Morgan fingerprint density at radius 1 is 1.00 bits per heavy atom. The minimum absolute atomic E-state index is 0.0232. The molecule has 25 heavy (non-hydrogen) atoms. The quantitative estimate of drug-likeness (QED) is 0.682. The standard InChI is InChI=1S/C20H18N2O2S/c1-12-4-9-17(13(2)10-12)18-11-25-20(21-18)22-19(24)16-7-5-15(6-8-16)14(3)23/h4-11H,1-3H3,(H,21,22,24). The lowest BCUT2D eigenvalue weighted by Crippen LogP contribution is -2.11. The molecule has 4 nitrogen and oxygen atoms in total. The highest BCUT2D eigenvalue weighted by atomic mass is 32.1. The second kappa shape index (κ2) is 6.99. The summed E-state index contributed by atoms with van der Waals surface area (Å²) in [5.74, 6) is -0.262. The van der Waals surface area contributed by atoms with Gasteiger partial charge in [0.05, 0.1) is 5.69 Å². The molecular weight excluding hydrogens is 332 g/mol. The van der Waals surface area contributed by atoms with Crippen LogP contribution in [0.5, 0.6) is 0 Å². The van der Waals surface area contributed by atoms with Gasteiger partial charge in [-0.1, -0.05) is 35.9 Å². The average Bonchev–Trinajstić information content (AvgIpc) is 3.03. The number of amides is 1. The van der Waals surface area contributed by atoms with Gasteiger partial charge in [0, 0.05) is 22.1 Å². The van der Waals surface area contributed by atoms with Crippen molar-refractivity contribution >= 4 is 28.2 Å². The number of anilines is 1. The van der Waals surface area contributed by atoms with Crippen LogP contribution in [0.15, 0.2) is 47.8 Å². The third-order valence-electron chi connectivity index (χ3n) is 3.94. The summed E-state index contributed by atoms with van der Waals surface area (Å²) < 4.78 is 0. The Bertz CT molecular complexity index is 943. The van der Waals surface area contributed by atoms with Crippen molar-refractivity contribution in [3.05, 3.63) is 70.1 Å². The zero-order chi connectivity index (χ0) is 18.0. The van der Waals surface area contributed by atoms with E-state index in [1.807, 2.05) is 11.4 Å². The largest absolute Gasteiger partial charge is 0.298 e. The van der Waals surface area contributed by atoms with Gasteiger partial charge in [0.15, 0.2) is 10.9 Å². The minimum Gasteiger partial charge on any atom is -0.298 e. The van der Waals surface area contributed by atoms with Crippen LogP contribution in [0.25, 0.3) is 11.3 Å². The Hall–Kier alpha value is -2.79. The molecule has 0 fully saturated rings. The molecule has 2 aromatic carbocycles. The molecule has 1 aromatic heterocycles. The Kier molecular flexibility index (Phi) is 4.76. The second-order valence-corrected chi connectivity index (χ2v) is 6.80. The molecule has 0 saturated carbocycles. The van der Waals surface area contributed by atoms with Crippen molar-refractivity contribution in [2.45, 2.75) is 20.8 Å². The van der Waals surface area contributed by atoms with E-state index in [-0.39, 0.29) is 11.7 Å². The highest BCUT2D eigenvalue weighted by molar-refractivity contribution is 7.14. The molecule has 0 radical (unpaired) electrons. The summed E-state index contributed by atoms with van der Waals surface area (Å²) in [6.07, 6.45) is 0. The van der Waals surface area contributed by atoms with E-state index >= 15 is 0 Å². The predicted molar refractivity (Wildman–Crippen MR) is 101 cm³/mol. The first kappa shape index (κ1) is 17.0. The number of carbonyl (C=O) groups excluding carboxylic acids is 2. The summed E-state index contributed by atoms with van der Waals surface area (Å²) in [7, 11) is 0. The molecule has 1 amide bonds. The van der Waals surface area contributed by atoms with E-state index in [9.17, 15) is 9.59 Å². The van der Waals surface area contributed by atoms with Crippen molar-refractivity contribution in [2.24, 2.45) is 0 Å². The Balaban J connectivity index is 1.76. The van der Waals surface area contributed by atoms with Crippen molar-refractivity contribution in [2.75, 3.05) is 5.32 Å². The first-order chi connectivity index (χ1) is 11.9. The van der Waals surface area contributed by atoms with Gasteiger partial charge in [0.25, 0.3) is 5.91 Å². The lowest BCUT2D eigenvalue weighted by Gasteiger charge is -2.04. The molecule has 0 aliphatic rings. The van der Waals surface area contributed by atoms with Crippen molar-refractivity contribution < 1.29 is 9.59 Å². The number of Topliss-reactive ketones (excluding diaryl/α,β-unsaturated/α-hetero) is 1. The van der Waals surface area contributed by atoms with E-state index in [0.29, 0.717) is 16.3 Å². The highest BCUT2D eigenvalue weighted by Gasteiger charge is 2.11. The van der Waals surface area contributed by atoms with Crippen molar-refractivity contribution in [1.82, 2.24) is 4.98 Å². The number of benzene rings is 2. The number of nitrogens with zero attached hydrogens (tertiary/aromatic N) is 1. The van der Waals surface area contributed by atoms with Crippen molar-refractivity contribution in [1.29, 1.82) is 0 Å². The molecule has 0 saturated heterocycles. The number of hydrogen-bond donors (Lipinski definition) is 1. The molecule has 0 spiro atoms. The minimum atomic E-state index is -0.239. The lowest BCUT2D eigenvalue weighted by atomic mass is 10.0. The molecule has 0 atom stereocenters. The maximum Gasteiger partial charge on any atom is 0.257 e. The van der Waals surface area contributed by atoms with E-state index in [1.54, 1.807) is 24.3 Å². The third-order valence-corrected chi connectivity index (χ3v) is 4.69. The van der Waals surface area contributed by atoms with Gasteiger partial charge in [0.2, 0.25) is 0 Å². The van der Waals surface area contributed by atoms with Crippen LogP contribution in [0.1, 0.15) is 38.8 Å². The zero-order valence-corrected chi connectivity index (χ0v) is 15.1. The predicted octanol–water partition coefficient (Wildman–Crippen LogP) is 4.88. The summed E-state index contributed by atoms with van der Waals surface area (Å²) >= 11 is 1.39. The molecule has 0 aliphatic carbocycles. The van der Waals surface area contributed by atoms with Crippen LogP contribution in [-0.2, 0) is 0 Å². The Morgan fingerprint density at radius 3 is 2.32 bits per heavy atom. The van der Waals surface area contributed by atoms with Gasteiger partial charge in [-0.05, 0) is 38.5 Å². The molecule has 0 unspecified atom stereocenters. The molecule has 3 aromatic rings. The molecule has 126 valence electrons. The molecule has 5 heteroatoms. The van der Waals surface area contributed by atoms with Crippen molar-refractivity contribution in [3.63, 3.8) is 0 Å². The average molecular weight is 350 g/mol. The smallest absolute Gasteiger partial charge is 0.257 e. The highest BCUT2D eigenvalue weighted by Crippen LogP contribution is 2.28. The number of ketones is 1. The molecule has 0 aliphatic heterocycles. The maximum absolute atomic E-state index is 12.3. The van der Waals surface area contributed by atoms with Gasteiger partial charge in [0.1, 0.15) is 0 Å². The Labute approximate surface area is 150 Å². The normalized spacial score (nSPS) is 10.5. The van der Waals surface area contributed by atoms with Crippen LogP contribution in [0, 0.1) is 13.8 Å². The van der Waals surface area contributed by atoms with E-state index in [2.05, 4.69) is 36.3 Å². The van der Waals surface area contributed by atoms with Gasteiger partial charge in [-0.15, -0.1) is 11.3 Å². The zero-order valence-electron chi connectivity index (χ0n) is 14.3. The molecular formula is C20H18N2O2S. The molecule has 1 heterocycles. The van der Waals surface area contributed by atoms with E-state index in [4.69, 9.17) is 0 Å². The number of aromatic nitrogens is 1. The topological polar surface area (TPSA) is 59.1 Å². The number of hydrogen-bond acceptors (Lipinski definition) is 4. The van der Waals surface area contributed by atoms with E-state index < -0.39 is 0 Å². The van der Waals surface area contributed by atoms with E-state index in [1.165, 1.54) is 23.8 Å². The monoisotopic (exact) mass is 350 g/mol. The number of aryl methyl sites for hydroxylation is 2. The number of thiazole rings is 1. The van der Waals surface area contributed by atoms with Gasteiger partial charge < -0.3 is 0 Å². The number of nitrogens with one attached hydrogen (secondary N) is 1. The Morgan fingerprint density at radius 2 is 1.68 bits per heavy atom. The second-order valence-electron chi connectivity index (χ2n) is 5.94. The van der Waals surface area contributed by atoms with Crippen LogP contribution in [0.2, 0.25) is 0 Å². The van der Waals surface area contributed by atoms with Gasteiger partial charge in [-0.3, -0.25) is 14.9 Å². The number of rotatable bonds is 4. The van der Waals surface area contributed by atoms with Gasteiger partial charge in [-0.2, -0.15) is 0 Å². The summed E-state index contributed by atoms with van der Waals surface area (Å²) in [6, 6.07) is 12.8.